The molecule has 7 rings (SSSR count). The molecule has 72 heavy (non-hydrogen) atoms. The van der Waals surface area contributed by atoms with Crippen molar-refractivity contribution in [3.63, 3.8) is 0 Å². The van der Waals surface area contributed by atoms with E-state index in [-0.39, 0.29) is 23.1 Å². The van der Waals surface area contributed by atoms with Crippen LogP contribution in [0.15, 0.2) is 71.8 Å². The van der Waals surface area contributed by atoms with Gasteiger partial charge in [0, 0.05) is 32.1 Å². The van der Waals surface area contributed by atoms with Gasteiger partial charge in [-0.1, -0.05) is 97.2 Å². The van der Waals surface area contributed by atoms with E-state index in [1.54, 1.807) is 97.0 Å². The summed E-state index contributed by atoms with van der Waals surface area (Å²) in [6.45, 7) is 15.2. The molecule has 5 aliphatic rings. The van der Waals surface area contributed by atoms with Crippen molar-refractivity contribution in [2.45, 2.75) is 158 Å². The number of fused-ring (bicyclic) bond motifs is 5. The first-order valence-corrected chi connectivity index (χ1v) is 24.5. The Labute approximate surface area is 432 Å². The van der Waals surface area contributed by atoms with E-state index >= 15 is 9.59 Å². The first-order valence-electron chi connectivity index (χ1n) is 23.4. The van der Waals surface area contributed by atoms with Gasteiger partial charge in [-0.3, -0.25) is 19.3 Å². The standard InChI is InChI=1S/C51H60Cl3NO17/c1-26-31(67-42(60)37-35(29-18-14-12-15-19-29)55(47(9,10)71-37)43(61)72-45(4,5)6)23-50(63)40(69-41(59)30-20-16-13-17-21-30)38-48(11,39(58)36(66-27(2)56)34(26)46(50,7)8)32(68-44(62)65-25-51(52,53)54)22-33-49(38,24-64-33)70-28(3)57/h12-21,31-33,35-38,40,63H,22-25H2,1-11H3/t31-,32-,33?,35?,36+,37?,38?,40-,48+,49-,50+/m0/s1. The maximum atomic E-state index is 16.2. The average Bonchev–Trinajstić information content (AvgIpc) is 3.56. The van der Waals surface area contributed by atoms with Gasteiger partial charge in [-0.2, -0.15) is 0 Å². The summed E-state index contributed by atoms with van der Waals surface area (Å²) in [4.78, 5) is 101. The van der Waals surface area contributed by atoms with E-state index in [0.717, 1.165) is 13.8 Å². The highest BCUT2D eigenvalue weighted by Crippen LogP contribution is 2.65. The lowest BCUT2D eigenvalue weighted by atomic mass is 9.44. The predicted molar refractivity (Wildman–Crippen MR) is 255 cm³/mol. The minimum absolute atomic E-state index is 0.0156. The molecule has 0 spiro atoms. The molecule has 18 nitrogen and oxygen atoms in total. The second-order valence-electron chi connectivity index (χ2n) is 21.1. The van der Waals surface area contributed by atoms with Crippen LogP contribution in [-0.4, -0.2) is 128 Å². The largest absolute Gasteiger partial charge is 0.508 e. The van der Waals surface area contributed by atoms with Crippen molar-refractivity contribution >= 4 is 76.7 Å². The van der Waals surface area contributed by atoms with Crippen molar-refractivity contribution in [2.75, 3.05) is 13.2 Å². The number of ketones is 1. The molecular weight excluding hydrogens is 1000 g/mol. The molecule has 2 saturated carbocycles. The Balaban J connectivity index is 1.44. The number of aliphatic hydroxyl groups is 1. The number of alkyl halides is 3. The van der Waals surface area contributed by atoms with Crippen LogP contribution < -0.4 is 0 Å². The van der Waals surface area contributed by atoms with Gasteiger partial charge < -0.3 is 47.7 Å². The first-order chi connectivity index (χ1) is 33.3. The third-order valence-corrected chi connectivity index (χ3v) is 14.9. The molecule has 4 fully saturated rings. The van der Waals surface area contributed by atoms with E-state index in [4.69, 9.17) is 77.4 Å². The molecule has 2 saturated heterocycles. The van der Waals surface area contributed by atoms with Gasteiger partial charge in [-0.05, 0) is 77.3 Å². The fourth-order valence-corrected chi connectivity index (χ4v) is 11.5. The highest BCUT2D eigenvalue weighted by molar-refractivity contribution is 6.67. The van der Waals surface area contributed by atoms with Crippen LogP contribution in [0.5, 0.6) is 0 Å². The number of hydrogen-bond donors (Lipinski definition) is 1. The molecule has 2 aromatic carbocycles. The van der Waals surface area contributed by atoms with Gasteiger partial charge in [0.05, 0.1) is 23.5 Å². The van der Waals surface area contributed by atoms with Gasteiger partial charge in [-0.15, -0.1) is 0 Å². The van der Waals surface area contributed by atoms with Gasteiger partial charge >= 0.3 is 36.1 Å². The minimum Gasteiger partial charge on any atom is -0.456 e. The Morgan fingerprint density at radius 3 is 2.00 bits per heavy atom. The lowest BCUT2D eigenvalue weighted by molar-refractivity contribution is -0.346. The summed E-state index contributed by atoms with van der Waals surface area (Å²) in [6.07, 6.45) is -12.9. The molecule has 2 aliphatic heterocycles. The summed E-state index contributed by atoms with van der Waals surface area (Å²) in [5.74, 6) is -6.47. The lowest BCUT2D eigenvalue weighted by Gasteiger charge is -2.67. The topological polar surface area (TPSA) is 226 Å². The summed E-state index contributed by atoms with van der Waals surface area (Å²) in [5.41, 5.74) is -10.2. The summed E-state index contributed by atoms with van der Waals surface area (Å²) >= 11 is 17.7. The van der Waals surface area contributed by atoms with Gasteiger partial charge in [-0.25, -0.2) is 19.2 Å². The number of esters is 4. The van der Waals surface area contributed by atoms with Crippen LogP contribution in [0.1, 0.15) is 111 Å². The number of carbonyl (C=O) groups is 7. The lowest BCUT2D eigenvalue weighted by Crippen LogP contribution is -2.82. The third kappa shape index (κ3) is 9.91. The normalized spacial score (nSPS) is 32.5. The number of ether oxygens (including phenoxy) is 9. The molecule has 11 atom stereocenters. The Morgan fingerprint density at radius 2 is 1.46 bits per heavy atom. The molecule has 392 valence electrons. The van der Waals surface area contributed by atoms with Gasteiger partial charge in [0.25, 0.3) is 0 Å². The van der Waals surface area contributed by atoms with Crippen LogP contribution in [0.25, 0.3) is 0 Å². The Hall–Kier alpha value is -4.98. The number of benzene rings is 2. The van der Waals surface area contributed by atoms with E-state index in [1.807, 2.05) is 0 Å². The Bertz CT molecular complexity index is 2520. The third-order valence-electron chi connectivity index (χ3n) is 14.5. The molecule has 4 unspecified atom stereocenters. The first kappa shape index (κ1) is 54.8. The molecule has 2 aromatic rings. The molecule has 2 bridgehead atoms. The van der Waals surface area contributed by atoms with Crippen LogP contribution in [-0.2, 0) is 61.8 Å². The number of halogens is 3. The highest BCUT2D eigenvalue weighted by Gasteiger charge is 2.79. The van der Waals surface area contributed by atoms with Crippen molar-refractivity contribution in [3.05, 3.63) is 82.9 Å². The monoisotopic (exact) mass is 1060 g/mol. The molecule has 3 aliphatic carbocycles. The molecule has 1 amide bonds. The zero-order valence-electron chi connectivity index (χ0n) is 41.8. The Kier molecular flexibility index (Phi) is 14.7. The van der Waals surface area contributed by atoms with Gasteiger partial charge in [0.1, 0.15) is 54.0 Å². The average molecular weight is 1070 g/mol. The van der Waals surface area contributed by atoms with Crippen molar-refractivity contribution in [3.8, 4) is 0 Å². The second kappa shape index (κ2) is 19.4. The van der Waals surface area contributed by atoms with Crippen molar-refractivity contribution in [1.82, 2.24) is 4.90 Å². The fourth-order valence-electron chi connectivity index (χ4n) is 11.4. The number of amides is 1. The summed E-state index contributed by atoms with van der Waals surface area (Å²) in [5, 5.41) is 14.1. The van der Waals surface area contributed by atoms with Gasteiger partial charge in [0.15, 0.2) is 23.6 Å². The molecular formula is C51H60Cl3NO17. The van der Waals surface area contributed by atoms with Crippen molar-refractivity contribution in [2.24, 2.45) is 16.7 Å². The molecule has 0 aromatic heterocycles. The smallest absolute Gasteiger partial charge is 0.456 e. The summed E-state index contributed by atoms with van der Waals surface area (Å²) in [6, 6.07) is 15.2. The quantitative estimate of drug-likeness (QED) is 0.109. The van der Waals surface area contributed by atoms with Crippen LogP contribution in [0.4, 0.5) is 9.59 Å². The number of rotatable bonds is 9. The summed E-state index contributed by atoms with van der Waals surface area (Å²) in [7, 11) is 0. The van der Waals surface area contributed by atoms with Crippen LogP contribution in [0.3, 0.4) is 0 Å². The van der Waals surface area contributed by atoms with Crippen LogP contribution >= 0.6 is 34.8 Å². The zero-order chi connectivity index (χ0) is 53.3. The zero-order valence-corrected chi connectivity index (χ0v) is 44.0. The number of hydrogen-bond acceptors (Lipinski definition) is 17. The van der Waals surface area contributed by atoms with Crippen LogP contribution in [0.2, 0.25) is 0 Å². The van der Waals surface area contributed by atoms with E-state index in [1.165, 1.54) is 30.9 Å². The SMILES string of the molecule is CC(=O)O[C@H]1C(=O)[C@@]2(C)C([C@H](OC(=O)c3ccccc3)[C@]3(O)C[C@H](OC(=O)C4OC(C)(C)N(C(=O)OC(C)(C)C)C4c4ccccc4)C(C)=C1C3(C)C)[C@]1(OC(C)=O)COC1C[C@@H]2OC(=O)OCC(Cl)(Cl)Cl. The number of nitrogens with zero attached hydrogens (tertiary/aromatic N) is 1. The molecule has 2 heterocycles. The number of carbonyl (C=O) groups excluding carboxylic acids is 7. The van der Waals surface area contributed by atoms with E-state index in [2.05, 4.69) is 0 Å². The van der Waals surface area contributed by atoms with Crippen molar-refractivity contribution < 1.29 is 81.3 Å². The maximum Gasteiger partial charge on any atom is 0.508 e. The second-order valence-corrected chi connectivity index (χ2v) is 23.6. The van der Waals surface area contributed by atoms with Crippen LogP contribution in [0, 0.1) is 16.7 Å². The van der Waals surface area contributed by atoms with Gasteiger partial charge in [0.2, 0.25) is 3.79 Å². The van der Waals surface area contributed by atoms with Crippen molar-refractivity contribution in [1.29, 1.82) is 0 Å². The van der Waals surface area contributed by atoms with E-state index in [9.17, 15) is 29.1 Å². The Morgan fingerprint density at radius 1 is 0.847 bits per heavy atom. The molecule has 1 N–H and O–H groups in total. The maximum absolute atomic E-state index is 16.2. The minimum atomic E-state index is -2.50. The fraction of sp³-hybridized carbons (Fsp3) is 0.588. The predicted octanol–water partition coefficient (Wildman–Crippen LogP) is 7.85. The molecule has 21 heteroatoms. The highest BCUT2D eigenvalue weighted by atomic mass is 35.6. The number of Topliss-reactive ketones (excluding diaryl/α,β-unsaturated/α-hetero) is 1. The summed E-state index contributed by atoms with van der Waals surface area (Å²) < 4.78 is 52.4. The molecule has 0 radical (unpaired) electrons. The van der Waals surface area contributed by atoms with E-state index < -0.39 is 147 Å². The van der Waals surface area contributed by atoms with E-state index in [0.29, 0.717) is 5.56 Å².